The average Bonchev–Trinajstić information content (AvgIpc) is 2.54. The lowest BCUT2D eigenvalue weighted by Gasteiger charge is -2.36. The van der Waals surface area contributed by atoms with Crippen molar-refractivity contribution in [2.45, 2.75) is 19.3 Å². The molecule has 2 nitrogen and oxygen atoms in total. The summed E-state index contributed by atoms with van der Waals surface area (Å²) in [6, 6.07) is 17.1. The number of rotatable bonds is 6. The van der Waals surface area contributed by atoms with Crippen molar-refractivity contribution >= 4 is 5.69 Å². The van der Waals surface area contributed by atoms with Gasteiger partial charge in [-0.15, -0.1) is 0 Å². The van der Waals surface area contributed by atoms with Crippen LogP contribution in [0.2, 0.25) is 0 Å². The van der Waals surface area contributed by atoms with Gasteiger partial charge >= 0.3 is 0 Å². The predicted molar refractivity (Wildman–Crippen MR) is 87.1 cm³/mol. The van der Waals surface area contributed by atoms with Gasteiger partial charge < -0.3 is 10.6 Å². The van der Waals surface area contributed by atoms with Gasteiger partial charge in [0.2, 0.25) is 0 Å². The summed E-state index contributed by atoms with van der Waals surface area (Å²) in [6.07, 6.45) is 0. The fraction of sp³-hybridized carbons (Fsp3) is 0.333. The largest absolute Gasteiger partial charge is 0.369 e. The predicted octanol–water partition coefficient (Wildman–Crippen LogP) is 3.57. The maximum Gasteiger partial charge on any atom is 0.146 e. The van der Waals surface area contributed by atoms with Crippen molar-refractivity contribution in [3.8, 4) is 0 Å². The number of para-hydroxylation sites is 1. The number of anilines is 1. The first-order valence-corrected chi connectivity index (χ1v) is 7.36. The van der Waals surface area contributed by atoms with Crippen LogP contribution in [-0.2, 0) is 5.41 Å². The van der Waals surface area contributed by atoms with Gasteiger partial charge in [0.25, 0.3) is 0 Å². The van der Waals surface area contributed by atoms with E-state index < -0.39 is 0 Å². The van der Waals surface area contributed by atoms with Crippen LogP contribution in [0.3, 0.4) is 0 Å². The summed E-state index contributed by atoms with van der Waals surface area (Å²) in [5, 5.41) is 0. The monoisotopic (exact) mass is 286 g/mol. The summed E-state index contributed by atoms with van der Waals surface area (Å²) >= 11 is 0. The van der Waals surface area contributed by atoms with Gasteiger partial charge in [-0.2, -0.15) is 0 Å². The summed E-state index contributed by atoms with van der Waals surface area (Å²) < 4.78 is 14.0. The average molecular weight is 286 g/mol. The minimum Gasteiger partial charge on any atom is -0.369 e. The number of hydrogen-bond donors (Lipinski definition) is 1. The van der Waals surface area contributed by atoms with E-state index in [0.717, 1.165) is 6.54 Å². The van der Waals surface area contributed by atoms with E-state index >= 15 is 0 Å². The van der Waals surface area contributed by atoms with Gasteiger partial charge in [0.05, 0.1) is 5.69 Å². The molecule has 1 atom stereocenters. The summed E-state index contributed by atoms with van der Waals surface area (Å²) in [5.41, 5.74) is 7.65. The van der Waals surface area contributed by atoms with Crippen molar-refractivity contribution in [3.05, 3.63) is 66.0 Å². The zero-order valence-electron chi connectivity index (χ0n) is 12.7. The quantitative estimate of drug-likeness (QED) is 0.879. The Labute approximate surface area is 126 Å². The highest BCUT2D eigenvalue weighted by Gasteiger charge is 2.28. The summed E-state index contributed by atoms with van der Waals surface area (Å²) in [4.78, 5) is 2.05. The molecular formula is C18H23FN2. The Morgan fingerprint density at radius 2 is 1.67 bits per heavy atom. The lowest BCUT2D eigenvalue weighted by Crippen LogP contribution is -2.44. The van der Waals surface area contributed by atoms with Crippen LogP contribution < -0.4 is 10.6 Å². The Hall–Kier alpha value is -1.87. The first kappa shape index (κ1) is 15.5. The lowest BCUT2D eigenvalue weighted by molar-refractivity contribution is 0.473. The van der Waals surface area contributed by atoms with Gasteiger partial charge in [-0.3, -0.25) is 0 Å². The van der Waals surface area contributed by atoms with Crippen molar-refractivity contribution in [3.63, 3.8) is 0 Å². The topological polar surface area (TPSA) is 29.3 Å². The SMILES string of the molecule is CCN(CC(C)(CN)c1ccccc1)c1ccccc1F. The van der Waals surface area contributed by atoms with Crippen LogP contribution in [0, 0.1) is 5.82 Å². The molecule has 3 heteroatoms. The second-order valence-corrected chi connectivity index (χ2v) is 5.60. The van der Waals surface area contributed by atoms with Crippen LogP contribution in [0.4, 0.5) is 10.1 Å². The molecule has 2 aromatic rings. The zero-order valence-corrected chi connectivity index (χ0v) is 12.7. The molecule has 0 aliphatic rings. The molecule has 112 valence electrons. The van der Waals surface area contributed by atoms with E-state index in [-0.39, 0.29) is 11.2 Å². The maximum absolute atomic E-state index is 14.0. The molecule has 0 saturated heterocycles. The number of halogens is 1. The van der Waals surface area contributed by atoms with Crippen LogP contribution in [0.25, 0.3) is 0 Å². The highest BCUT2D eigenvalue weighted by Crippen LogP contribution is 2.27. The molecule has 0 aliphatic heterocycles. The highest BCUT2D eigenvalue weighted by atomic mass is 19.1. The van der Waals surface area contributed by atoms with E-state index in [2.05, 4.69) is 24.0 Å². The zero-order chi connectivity index (χ0) is 15.3. The molecule has 0 aromatic heterocycles. The third kappa shape index (κ3) is 3.42. The number of likely N-dealkylation sites (N-methyl/N-ethyl adjacent to an activating group) is 1. The number of nitrogens with two attached hydrogens (primary N) is 1. The number of hydrogen-bond acceptors (Lipinski definition) is 2. The minimum atomic E-state index is -0.209. The van der Waals surface area contributed by atoms with Crippen molar-refractivity contribution in [1.29, 1.82) is 0 Å². The summed E-state index contributed by atoms with van der Waals surface area (Å²) in [7, 11) is 0. The first-order chi connectivity index (χ1) is 10.1. The van der Waals surface area contributed by atoms with Crippen LogP contribution >= 0.6 is 0 Å². The number of nitrogens with zero attached hydrogens (tertiary/aromatic N) is 1. The molecule has 0 aliphatic carbocycles. The van der Waals surface area contributed by atoms with Crippen molar-refractivity contribution < 1.29 is 4.39 Å². The lowest BCUT2D eigenvalue weighted by atomic mass is 9.82. The van der Waals surface area contributed by atoms with Crippen LogP contribution in [0.5, 0.6) is 0 Å². The van der Waals surface area contributed by atoms with Crippen LogP contribution in [0.15, 0.2) is 54.6 Å². The maximum atomic E-state index is 14.0. The first-order valence-electron chi connectivity index (χ1n) is 7.36. The van der Waals surface area contributed by atoms with E-state index in [4.69, 9.17) is 5.73 Å². The van der Waals surface area contributed by atoms with E-state index in [9.17, 15) is 4.39 Å². The molecule has 0 heterocycles. The molecule has 1 unspecified atom stereocenters. The van der Waals surface area contributed by atoms with Gasteiger partial charge in [-0.1, -0.05) is 49.4 Å². The molecule has 0 bridgehead atoms. The molecule has 0 spiro atoms. The molecular weight excluding hydrogens is 263 g/mol. The molecule has 0 radical (unpaired) electrons. The standard InChI is InChI=1S/C18H23FN2/c1-3-21(17-12-8-7-11-16(17)19)14-18(2,13-20)15-9-5-4-6-10-15/h4-12H,3,13-14,20H2,1-2H3. The Kier molecular flexibility index (Phi) is 4.97. The Morgan fingerprint density at radius 1 is 1.05 bits per heavy atom. The Morgan fingerprint density at radius 3 is 2.24 bits per heavy atom. The molecule has 2 aromatic carbocycles. The van der Waals surface area contributed by atoms with Crippen LogP contribution in [0.1, 0.15) is 19.4 Å². The van der Waals surface area contributed by atoms with Gasteiger partial charge in [-0.25, -0.2) is 4.39 Å². The second kappa shape index (κ2) is 6.72. The van der Waals surface area contributed by atoms with E-state index in [1.54, 1.807) is 6.07 Å². The smallest absolute Gasteiger partial charge is 0.146 e. The molecule has 0 fully saturated rings. The Balaban J connectivity index is 2.30. The third-order valence-corrected chi connectivity index (χ3v) is 4.04. The van der Waals surface area contributed by atoms with Gasteiger partial charge in [0, 0.05) is 25.0 Å². The van der Waals surface area contributed by atoms with Crippen LogP contribution in [-0.4, -0.2) is 19.6 Å². The van der Waals surface area contributed by atoms with Crippen molar-refractivity contribution in [2.75, 3.05) is 24.5 Å². The van der Waals surface area contributed by atoms with E-state index in [0.29, 0.717) is 18.8 Å². The fourth-order valence-corrected chi connectivity index (χ4v) is 2.61. The van der Waals surface area contributed by atoms with Gasteiger partial charge in [-0.05, 0) is 24.6 Å². The van der Waals surface area contributed by atoms with Gasteiger partial charge in [0.1, 0.15) is 5.82 Å². The summed E-state index contributed by atoms with van der Waals surface area (Å²) in [6.45, 7) is 6.11. The Bertz CT molecular complexity index is 570. The fourth-order valence-electron chi connectivity index (χ4n) is 2.61. The van der Waals surface area contributed by atoms with Crippen molar-refractivity contribution in [2.24, 2.45) is 5.73 Å². The van der Waals surface area contributed by atoms with Crippen molar-refractivity contribution in [1.82, 2.24) is 0 Å². The van der Waals surface area contributed by atoms with E-state index in [1.165, 1.54) is 11.6 Å². The highest BCUT2D eigenvalue weighted by molar-refractivity contribution is 5.48. The molecule has 0 amide bonds. The number of benzene rings is 2. The third-order valence-electron chi connectivity index (χ3n) is 4.04. The minimum absolute atomic E-state index is 0.188. The van der Waals surface area contributed by atoms with Gasteiger partial charge in [0.15, 0.2) is 0 Å². The molecule has 0 saturated carbocycles. The molecule has 2 rings (SSSR count). The normalized spacial score (nSPS) is 13.7. The summed E-state index contributed by atoms with van der Waals surface area (Å²) in [5.74, 6) is -0.188. The van der Waals surface area contributed by atoms with E-state index in [1.807, 2.05) is 37.3 Å². The molecule has 2 N–H and O–H groups in total. The molecule has 21 heavy (non-hydrogen) atoms. The second-order valence-electron chi connectivity index (χ2n) is 5.60.